The lowest BCUT2D eigenvalue weighted by Gasteiger charge is -2.29. The number of nitrogens with zero attached hydrogens (tertiary/aromatic N) is 4. The molecule has 0 spiro atoms. The van der Waals surface area contributed by atoms with E-state index in [4.69, 9.17) is 4.74 Å². The van der Waals surface area contributed by atoms with Crippen molar-refractivity contribution < 1.29 is 19.4 Å². The Bertz CT molecular complexity index is 975. The second-order valence-corrected chi connectivity index (χ2v) is 7.90. The molecule has 0 saturated carbocycles. The number of pyridine rings is 1. The van der Waals surface area contributed by atoms with Gasteiger partial charge in [0.05, 0.1) is 36.1 Å². The summed E-state index contributed by atoms with van der Waals surface area (Å²) in [4.78, 5) is 34.0. The van der Waals surface area contributed by atoms with Crippen LogP contribution in [0.5, 0.6) is 0 Å². The number of H-pyrrole nitrogens is 1. The zero-order valence-electron chi connectivity index (χ0n) is 17.8. The van der Waals surface area contributed by atoms with Gasteiger partial charge >= 0.3 is 0 Å². The Morgan fingerprint density at radius 3 is 2.68 bits per heavy atom. The third-order valence-electron chi connectivity index (χ3n) is 5.88. The highest BCUT2D eigenvalue weighted by Gasteiger charge is 2.46. The van der Waals surface area contributed by atoms with E-state index < -0.39 is 17.7 Å². The summed E-state index contributed by atoms with van der Waals surface area (Å²) in [6.07, 6.45) is 3.99. The third kappa shape index (κ3) is 4.11. The number of Topliss-reactive ketones (excluding diaryl/α,β-unsaturated/α-hetero) is 1. The van der Waals surface area contributed by atoms with Gasteiger partial charge in [0.15, 0.2) is 0 Å². The van der Waals surface area contributed by atoms with Gasteiger partial charge in [0.25, 0.3) is 11.7 Å². The highest BCUT2D eigenvalue weighted by atomic mass is 16.5. The van der Waals surface area contributed by atoms with Gasteiger partial charge in [-0.05, 0) is 31.9 Å². The number of amides is 1. The molecule has 4 heterocycles. The number of hydrogen-bond donors (Lipinski definition) is 2. The normalized spacial score (nSPS) is 21.7. The van der Waals surface area contributed by atoms with Crippen LogP contribution >= 0.6 is 0 Å². The zero-order valence-corrected chi connectivity index (χ0v) is 17.8. The number of rotatable bonds is 6. The van der Waals surface area contributed by atoms with Gasteiger partial charge in [0, 0.05) is 44.3 Å². The monoisotopic (exact) mass is 425 g/mol. The molecule has 4 rings (SSSR count). The molecule has 1 amide bonds. The smallest absolute Gasteiger partial charge is 0.295 e. The van der Waals surface area contributed by atoms with Crippen LogP contribution < -0.4 is 0 Å². The summed E-state index contributed by atoms with van der Waals surface area (Å²) in [7, 11) is 0. The number of likely N-dealkylation sites (tertiary alicyclic amines) is 1. The number of nitrogens with one attached hydrogen (secondary N) is 1. The summed E-state index contributed by atoms with van der Waals surface area (Å²) < 4.78 is 5.38. The maximum absolute atomic E-state index is 13.0. The molecule has 0 bridgehead atoms. The summed E-state index contributed by atoms with van der Waals surface area (Å²) in [6, 6.07) is 2.89. The number of hydrogen-bond acceptors (Lipinski definition) is 7. The van der Waals surface area contributed by atoms with Crippen molar-refractivity contribution in [3.63, 3.8) is 0 Å². The SMILES string of the molecule is Cc1n[nH]c(C)c1/C(O)=C1\C(=O)C(=O)N(CCCN2CCOCC2)[C@@H]1c1cccnc1. The predicted octanol–water partition coefficient (Wildman–Crippen LogP) is 1.57. The summed E-state index contributed by atoms with van der Waals surface area (Å²) >= 11 is 0. The Balaban J connectivity index is 1.67. The minimum Gasteiger partial charge on any atom is -0.507 e. The zero-order chi connectivity index (χ0) is 22.0. The molecule has 2 aromatic rings. The maximum Gasteiger partial charge on any atom is 0.295 e. The molecule has 2 saturated heterocycles. The summed E-state index contributed by atoms with van der Waals surface area (Å²) in [5.74, 6) is -1.49. The minimum atomic E-state index is -0.688. The Kier molecular flexibility index (Phi) is 6.15. The lowest BCUT2D eigenvalue weighted by molar-refractivity contribution is -0.140. The van der Waals surface area contributed by atoms with Crippen LogP contribution in [0.4, 0.5) is 0 Å². The lowest BCUT2D eigenvalue weighted by atomic mass is 9.95. The Labute approximate surface area is 180 Å². The van der Waals surface area contributed by atoms with Crippen molar-refractivity contribution in [3.8, 4) is 0 Å². The molecular formula is C22H27N5O4. The largest absolute Gasteiger partial charge is 0.507 e. The first-order valence-electron chi connectivity index (χ1n) is 10.5. The van der Waals surface area contributed by atoms with Gasteiger partial charge in [-0.1, -0.05) is 6.07 Å². The quantitative estimate of drug-likeness (QED) is 0.410. The van der Waals surface area contributed by atoms with Crippen molar-refractivity contribution in [3.05, 3.63) is 52.6 Å². The molecule has 9 heteroatoms. The van der Waals surface area contributed by atoms with E-state index in [1.54, 1.807) is 37.2 Å². The predicted molar refractivity (Wildman–Crippen MR) is 113 cm³/mol. The summed E-state index contributed by atoms with van der Waals surface area (Å²) in [6.45, 7) is 7.89. The number of aromatic nitrogens is 3. The van der Waals surface area contributed by atoms with Crippen LogP contribution in [0.2, 0.25) is 0 Å². The van der Waals surface area contributed by atoms with E-state index in [-0.39, 0.29) is 11.3 Å². The molecule has 2 fully saturated rings. The average molecular weight is 425 g/mol. The van der Waals surface area contributed by atoms with Crippen molar-refractivity contribution in [2.45, 2.75) is 26.3 Å². The number of aliphatic hydroxyl groups is 1. The molecule has 9 nitrogen and oxygen atoms in total. The number of aryl methyl sites for hydroxylation is 2. The Morgan fingerprint density at radius 2 is 2.03 bits per heavy atom. The molecule has 2 aliphatic rings. The topological polar surface area (TPSA) is 112 Å². The molecule has 2 aliphatic heterocycles. The molecule has 164 valence electrons. The number of ether oxygens (including phenoxy) is 1. The first kappa shape index (κ1) is 21.2. The number of carbonyl (C=O) groups excluding carboxylic acids is 2. The van der Waals surface area contributed by atoms with Gasteiger partial charge in [0.2, 0.25) is 0 Å². The van der Waals surface area contributed by atoms with Crippen molar-refractivity contribution in [1.29, 1.82) is 0 Å². The Morgan fingerprint density at radius 1 is 1.26 bits per heavy atom. The van der Waals surface area contributed by atoms with E-state index in [1.807, 2.05) is 6.07 Å². The van der Waals surface area contributed by atoms with E-state index >= 15 is 0 Å². The minimum absolute atomic E-state index is 0.0805. The molecule has 0 aliphatic carbocycles. The standard InChI is InChI=1S/C22H27N5O4/c1-14-17(15(2)25-24-14)20(28)18-19(16-5-3-6-23-13-16)27(22(30)21(18)29)8-4-7-26-9-11-31-12-10-26/h3,5-6,13,19,28H,4,7-12H2,1-2H3,(H,24,25)/b20-18+/t19-/m1/s1. The highest BCUT2D eigenvalue weighted by molar-refractivity contribution is 6.46. The molecule has 0 unspecified atom stereocenters. The second kappa shape index (κ2) is 8.99. The van der Waals surface area contributed by atoms with Crippen molar-refractivity contribution in [2.75, 3.05) is 39.4 Å². The fourth-order valence-corrected chi connectivity index (χ4v) is 4.32. The van der Waals surface area contributed by atoms with Gasteiger partial charge in [-0.25, -0.2) is 0 Å². The number of aromatic amines is 1. The van der Waals surface area contributed by atoms with Crippen LogP contribution in [0.25, 0.3) is 5.76 Å². The number of aliphatic hydroxyl groups excluding tert-OH is 1. The van der Waals surface area contributed by atoms with Crippen LogP contribution in [0.15, 0.2) is 30.1 Å². The van der Waals surface area contributed by atoms with Crippen LogP contribution in [0.1, 0.15) is 35.0 Å². The van der Waals surface area contributed by atoms with E-state index in [0.29, 0.717) is 48.7 Å². The van der Waals surface area contributed by atoms with Gasteiger partial charge in [-0.3, -0.25) is 24.6 Å². The summed E-state index contributed by atoms with van der Waals surface area (Å²) in [5, 5.41) is 18.1. The molecule has 0 aromatic carbocycles. The lowest BCUT2D eigenvalue weighted by Crippen LogP contribution is -2.39. The molecule has 2 aromatic heterocycles. The first-order valence-corrected chi connectivity index (χ1v) is 10.5. The van der Waals surface area contributed by atoms with Gasteiger partial charge in [-0.15, -0.1) is 0 Å². The Hall–Kier alpha value is -3.04. The van der Waals surface area contributed by atoms with E-state index in [9.17, 15) is 14.7 Å². The van der Waals surface area contributed by atoms with Gasteiger partial charge < -0.3 is 14.7 Å². The van der Waals surface area contributed by atoms with Crippen molar-refractivity contribution in [1.82, 2.24) is 25.0 Å². The first-order chi connectivity index (χ1) is 15.0. The van der Waals surface area contributed by atoms with Gasteiger partial charge in [-0.2, -0.15) is 5.10 Å². The van der Waals surface area contributed by atoms with Crippen LogP contribution in [0, 0.1) is 13.8 Å². The van der Waals surface area contributed by atoms with Crippen LogP contribution in [-0.2, 0) is 14.3 Å². The third-order valence-corrected chi connectivity index (χ3v) is 5.88. The molecule has 1 atom stereocenters. The van der Waals surface area contributed by atoms with Gasteiger partial charge in [0.1, 0.15) is 5.76 Å². The van der Waals surface area contributed by atoms with E-state index in [1.165, 1.54) is 0 Å². The highest BCUT2D eigenvalue weighted by Crippen LogP contribution is 2.39. The number of carbonyl (C=O) groups is 2. The average Bonchev–Trinajstić information content (AvgIpc) is 3.25. The fraction of sp³-hybridized carbons (Fsp3) is 0.455. The van der Waals surface area contributed by atoms with Crippen LogP contribution in [-0.4, -0.2) is 81.2 Å². The summed E-state index contributed by atoms with van der Waals surface area (Å²) in [5.41, 5.74) is 2.43. The second-order valence-electron chi connectivity index (χ2n) is 7.90. The molecule has 2 N–H and O–H groups in total. The van der Waals surface area contributed by atoms with Crippen molar-refractivity contribution >= 4 is 17.4 Å². The molecule has 31 heavy (non-hydrogen) atoms. The van der Waals surface area contributed by atoms with E-state index in [2.05, 4.69) is 20.1 Å². The fourth-order valence-electron chi connectivity index (χ4n) is 4.32. The maximum atomic E-state index is 13.0. The van der Waals surface area contributed by atoms with Crippen LogP contribution in [0.3, 0.4) is 0 Å². The van der Waals surface area contributed by atoms with Crippen molar-refractivity contribution in [2.24, 2.45) is 0 Å². The number of ketones is 1. The number of morpholine rings is 1. The molecular weight excluding hydrogens is 398 g/mol. The molecule has 0 radical (unpaired) electrons. The van der Waals surface area contributed by atoms with E-state index in [0.717, 1.165) is 19.6 Å².